The summed E-state index contributed by atoms with van der Waals surface area (Å²) in [7, 11) is 0. The molecule has 1 atom stereocenters. The molecule has 0 saturated carbocycles. The molecule has 0 unspecified atom stereocenters. The van der Waals surface area contributed by atoms with E-state index in [1.165, 1.54) is 6.07 Å². The number of hydrogen-bond acceptors (Lipinski definition) is 3. The van der Waals surface area contributed by atoms with E-state index < -0.39 is 0 Å². The lowest BCUT2D eigenvalue weighted by molar-refractivity contribution is -0.121. The first kappa shape index (κ1) is 17.7. The number of nitrogens with zero attached hydrogens (tertiary/aromatic N) is 2. The number of rotatable bonds is 3. The van der Waals surface area contributed by atoms with E-state index in [-0.39, 0.29) is 30.3 Å². The van der Waals surface area contributed by atoms with Crippen LogP contribution in [0, 0.1) is 5.82 Å². The van der Waals surface area contributed by atoms with Gasteiger partial charge in [-0.15, -0.1) is 0 Å². The van der Waals surface area contributed by atoms with Crippen LogP contribution in [-0.4, -0.2) is 60.5 Å². The number of piperidine rings is 1. The minimum absolute atomic E-state index is 0.0272. The Morgan fingerprint density at radius 2 is 2.12 bits per heavy atom. The van der Waals surface area contributed by atoms with E-state index in [2.05, 4.69) is 15.5 Å². The van der Waals surface area contributed by atoms with Gasteiger partial charge in [-0.2, -0.15) is 0 Å². The summed E-state index contributed by atoms with van der Waals surface area (Å²) in [5, 5.41) is 5.81. The Kier molecular flexibility index (Phi) is 5.86. The zero-order valence-corrected chi connectivity index (χ0v) is 14.3. The van der Waals surface area contributed by atoms with Gasteiger partial charge < -0.3 is 15.5 Å². The number of hydrogen-bond donors (Lipinski definition) is 2. The summed E-state index contributed by atoms with van der Waals surface area (Å²) in [5.41, 5.74) is 0.679. The number of carbonyl (C=O) groups excluding carboxylic acids is 2. The number of nitrogens with one attached hydrogen (secondary N) is 2. The molecular formula is C18H25FN4O2. The summed E-state index contributed by atoms with van der Waals surface area (Å²) in [4.78, 5) is 27.8. The van der Waals surface area contributed by atoms with Gasteiger partial charge in [-0.3, -0.25) is 9.69 Å². The molecule has 2 aliphatic heterocycles. The van der Waals surface area contributed by atoms with Crippen LogP contribution >= 0.6 is 0 Å². The van der Waals surface area contributed by atoms with E-state index in [1.54, 1.807) is 17.0 Å². The molecule has 2 N–H and O–H groups in total. The number of amides is 3. The molecule has 0 aliphatic carbocycles. The lowest BCUT2D eigenvalue weighted by Gasteiger charge is -2.34. The lowest BCUT2D eigenvalue weighted by Crippen LogP contribution is -2.52. The fraction of sp³-hybridized carbons (Fsp3) is 0.556. The van der Waals surface area contributed by atoms with Crippen molar-refractivity contribution in [3.63, 3.8) is 0 Å². The van der Waals surface area contributed by atoms with Crippen molar-refractivity contribution in [2.75, 3.05) is 32.7 Å². The second kappa shape index (κ2) is 8.29. The first-order chi connectivity index (χ1) is 12.1. The van der Waals surface area contributed by atoms with Gasteiger partial charge in [0.25, 0.3) is 0 Å². The molecule has 1 aromatic carbocycles. The van der Waals surface area contributed by atoms with Crippen molar-refractivity contribution < 1.29 is 14.0 Å². The van der Waals surface area contributed by atoms with Crippen LogP contribution in [0.15, 0.2) is 24.3 Å². The van der Waals surface area contributed by atoms with Crippen LogP contribution in [0.25, 0.3) is 0 Å². The van der Waals surface area contributed by atoms with Crippen LogP contribution < -0.4 is 10.6 Å². The summed E-state index contributed by atoms with van der Waals surface area (Å²) in [6, 6.07) is 6.65. The Morgan fingerprint density at radius 1 is 1.28 bits per heavy atom. The van der Waals surface area contributed by atoms with Gasteiger partial charge in [-0.25, -0.2) is 9.18 Å². The average Bonchev–Trinajstić information content (AvgIpc) is 2.82. The van der Waals surface area contributed by atoms with Crippen molar-refractivity contribution in [2.45, 2.75) is 31.8 Å². The van der Waals surface area contributed by atoms with Crippen LogP contribution in [0.1, 0.15) is 24.8 Å². The molecule has 2 fully saturated rings. The highest BCUT2D eigenvalue weighted by atomic mass is 19.1. The van der Waals surface area contributed by atoms with E-state index in [9.17, 15) is 14.0 Å². The second-order valence-electron chi connectivity index (χ2n) is 6.74. The SMILES string of the molecule is O=C1CN(C(=O)N[C@@H]2CCCN(Cc3ccccc3F)C2)CCCN1. The summed E-state index contributed by atoms with van der Waals surface area (Å²) >= 11 is 0. The average molecular weight is 348 g/mol. The Hall–Kier alpha value is -2.15. The molecule has 3 rings (SSSR count). The lowest BCUT2D eigenvalue weighted by atomic mass is 10.0. The van der Waals surface area contributed by atoms with Crippen LogP contribution in [0.4, 0.5) is 9.18 Å². The topological polar surface area (TPSA) is 64.7 Å². The monoisotopic (exact) mass is 348 g/mol. The van der Waals surface area contributed by atoms with Crippen LogP contribution in [0.5, 0.6) is 0 Å². The van der Waals surface area contributed by atoms with Gasteiger partial charge in [-0.1, -0.05) is 18.2 Å². The van der Waals surface area contributed by atoms with Gasteiger partial charge in [0.1, 0.15) is 12.4 Å². The number of halogens is 1. The highest BCUT2D eigenvalue weighted by molar-refractivity contribution is 5.84. The fourth-order valence-corrected chi connectivity index (χ4v) is 3.43. The molecule has 0 radical (unpaired) electrons. The number of likely N-dealkylation sites (tertiary alicyclic amines) is 1. The fourth-order valence-electron chi connectivity index (χ4n) is 3.43. The van der Waals surface area contributed by atoms with Crippen molar-refractivity contribution in [1.82, 2.24) is 20.4 Å². The Balaban J connectivity index is 1.53. The predicted octanol–water partition coefficient (Wildman–Crippen LogP) is 1.32. The maximum absolute atomic E-state index is 13.8. The first-order valence-electron chi connectivity index (χ1n) is 8.90. The smallest absolute Gasteiger partial charge is 0.318 e. The number of carbonyl (C=O) groups is 2. The van der Waals surface area contributed by atoms with Gasteiger partial charge in [-0.05, 0) is 31.9 Å². The van der Waals surface area contributed by atoms with Gasteiger partial charge in [0.2, 0.25) is 5.91 Å². The van der Waals surface area contributed by atoms with Crippen molar-refractivity contribution in [3.05, 3.63) is 35.6 Å². The molecule has 0 bridgehead atoms. The predicted molar refractivity (Wildman–Crippen MR) is 92.4 cm³/mol. The van der Waals surface area contributed by atoms with Crippen LogP contribution in [-0.2, 0) is 11.3 Å². The van der Waals surface area contributed by atoms with Gasteiger partial charge >= 0.3 is 6.03 Å². The zero-order chi connectivity index (χ0) is 17.6. The summed E-state index contributed by atoms with van der Waals surface area (Å²) in [6.07, 6.45) is 2.63. The van der Waals surface area contributed by atoms with E-state index in [0.717, 1.165) is 25.8 Å². The molecule has 3 amide bonds. The molecule has 0 spiro atoms. The second-order valence-corrected chi connectivity index (χ2v) is 6.74. The third-order valence-electron chi connectivity index (χ3n) is 4.73. The molecular weight excluding hydrogens is 323 g/mol. The van der Waals surface area contributed by atoms with Gasteiger partial charge in [0, 0.05) is 37.8 Å². The molecule has 6 nitrogen and oxygen atoms in total. The Bertz CT molecular complexity index is 625. The third kappa shape index (κ3) is 4.92. The minimum Gasteiger partial charge on any atom is -0.354 e. The molecule has 1 aromatic rings. The maximum atomic E-state index is 13.8. The van der Waals surface area contributed by atoms with E-state index in [4.69, 9.17) is 0 Å². The highest BCUT2D eigenvalue weighted by Crippen LogP contribution is 2.16. The molecule has 0 aromatic heterocycles. The van der Waals surface area contributed by atoms with Crippen molar-refractivity contribution in [1.29, 1.82) is 0 Å². The quantitative estimate of drug-likeness (QED) is 0.866. The summed E-state index contributed by atoms with van der Waals surface area (Å²) in [5.74, 6) is -0.304. The van der Waals surface area contributed by atoms with Crippen molar-refractivity contribution in [2.24, 2.45) is 0 Å². The third-order valence-corrected chi connectivity index (χ3v) is 4.73. The van der Waals surface area contributed by atoms with Crippen molar-refractivity contribution >= 4 is 11.9 Å². The first-order valence-corrected chi connectivity index (χ1v) is 8.90. The van der Waals surface area contributed by atoms with E-state index >= 15 is 0 Å². The summed E-state index contributed by atoms with van der Waals surface area (Å²) in [6.45, 7) is 3.44. The number of urea groups is 1. The molecule has 25 heavy (non-hydrogen) atoms. The molecule has 2 aliphatic rings. The standard InChI is InChI=1S/C18H25FN4O2/c19-16-7-2-1-5-14(16)11-22-9-3-6-15(12-22)21-18(25)23-10-4-8-20-17(24)13-23/h1-2,5,7,15H,3-4,6,8-13H2,(H,20,24)(H,21,25)/t15-/m1/s1. The molecule has 2 saturated heterocycles. The Labute approximate surface area is 147 Å². The van der Waals surface area contributed by atoms with Crippen LogP contribution in [0.3, 0.4) is 0 Å². The van der Waals surface area contributed by atoms with E-state index in [0.29, 0.717) is 31.7 Å². The molecule has 2 heterocycles. The molecule has 136 valence electrons. The van der Waals surface area contributed by atoms with E-state index in [1.807, 2.05) is 6.07 Å². The molecule has 7 heteroatoms. The van der Waals surface area contributed by atoms with Crippen LogP contribution in [0.2, 0.25) is 0 Å². The van der Waals surface area contributed by atoms with Gasteiger partial charge in [0.05, 0.1) is 0 Å². The largest absolute Gasteiger partial charge is 0.354 e. The van der Waals surface area contributed by atoms with Crippen molar-refractivity contribution in [3.8, 4) is 0 Å². The minimum atomic E-state index is -0.191. The maximum Gasteiger partial charge on any atom is 0.318 e. The van der Waals surface area contributed by atoms with Gasteiger partial charge in [0.15, 0.2) is 0 Å². The normalized spacial score (nSPS) is 22.2. The number of benzene rings is 1. The summed E-state index contributed by atoms with van der Waals surface area (Å²) < 4.78 is 13.8. The Morgan fingerprint density at radius 3 is 2.96 bits per heavy atom. The highest BCUT2D eigenvalue weighted by Gasteiger charge is 2.25. The zero-order valence-electron chi connectivity index (χ0n) is 14.3.